The first kappa shape index (κ1) is 34.1. The number of hydrogen-bond acceptors (Lipinski definition) is 7. The molecule has 0 aliphatic heterocycles. The summed E-state index contributed by atoms with van der Waals surface area (Å²) in [5, 5.41) is 22.8. The number of aliphatic hydroxyl groups excluding tert-OH is 1. The van der Waals surface area contributed by atoms with Gasteiger partial charge in [0.2, 0.25) is 0 Å². The summed E-state index contributed by atoms with van der Waals surface area (Å²) in [4.78, 5) is 11.8. The Kier molecular flexibility index (Phi) is 13.0. The summed E-state index contributed by atoms with van der Waals surface area (Å²) in [6, 6.07) is 0.657. The topological polar surface area (TPSA) is 109 Å². The number of hydrogen-bond donors (Lipinski definition) is 5. The molecule has 10 atom stereocenters. The van der Waals surface area contributed by atoms with Gasteiger partial charge in [0.1, 0.15) is 0 Å². The molecule has 0 saturated heterocycles. The lowest BCUT2D eigenvalue weighted by Crippen LogP contribution is -2.59. The first-order chi connectivity index (χ1) is 20.3. The lowest BCUT2D eigenvalue weighted by Gasteiger charge is -2.62. The molecule has 4 rings (SSSR count). The lowest BCUT2D eigenvalue weighted by molar-refractivity contribution is -0.170. The quantitative estimate of drug-likeness (QED) is 0.122. The minimum atomic E-state index is -0.219. The zero-order valence-electron chi connectivity index (χ0n) is 27.6. The van der Waals surface area contributed by atoms with Crippen LogP contribution in [0.4, 0.5) is 0 Å². The molecule has 4 saturated carbocycles. The van der Waals surface area contributed by atoms with E-state index < -0.39 is 0 Å². The van der Waals surface area contributed by atoms with Crippen LogP contribution >= 0.6 is 0 Å². The number of esters is 1. The highest BCUT2D eigenvalue weighted by Crippen LogP contribution is 2.68. The molecule has 42 heavy (non-hydrogen) atoms. The van der Waals surface area contributed by atoms with Crippen LogP contribution in [0.15, 0.2) is 0 Å². The number of carbonyl (C=O) groups is 1. The van der Waals surface area contributed by atoms with Gasteiger partial charge in [0, 0.05) is 12.5 Å². The van der Waals surface area contributed by atoms with Crippen LogP contribution < -0.4 is 21.7 Å². The zero-order valence-corrected chi connectivity index (χ0v) is 27.6. The summed E-state index contributed by atoms with van der Waals surface area (Å²) in [6.07, 6.45) is 15.9. The summed E-state index contributed by atoms with van der Waals surface area (Å²) in [7, 11) is 1.48. The lowest BCUT2D eigenvalue weighted by atomic mass is 9.43. The van der Waals surface area contributed by atoms with E-state index in [0.717, 1.165) is 70.4 Å². The molecule has 0 aromatic carbocycles. The van der Waals surface area contributed by atoms with Gasteiger partial charge in [-0.15, -0.1) is 0 Å². The molecule has 0 spiro atoms. The van der Waals surface area contributed by atoms with Gasteiger partial charge in [-0.05, 0) is 169 Å². The summed E-state index contributed by atoms with van der Waals surface area (Å²) in [6.45, 7) is 13.6. The monoisotopic (exact) mass is 591 g/mol. The minimum Gasteiger partial charge on any atom is -0.469 e. The van der Waals surface area contributed by atoms with Crippen LogP contribution in [0.25, 0.3) is 0 Å². The van der Waals surface area contributed by atoms with Crippen LogP contribution in [0.1, 0.15) is 111 Å². The van der Waals surface area contributed by atoms with Gasteiger partial charge >= 0.3 is 5.97 Å². The highest BCUT2D eigenvalue weighted by atomic mass is 16.5. The smallest absolute Gasteiger partial charge is 0.305 e. The number of nitrogens with one attached hydrogen (secondary N) is 3. The SMILES string of the molecule is COC(=O)CCC(C)[C@H]1CCC2C3CC[C@@H]4C[C@@H](NCCCNCCCCNCCCN)CC[C@]4(C)C3C[C@H](O)[C@@]21C. The van der Waals surface area contributed by atoms with Gasteiger partial charge in [-0.1, -0.05) is 20.8 Å². The molecule has 4 unspecified atom stereocenters. The Morgan fingerprint density at radius 3 is 2.36 bits per heavy atom. The van der Waals surface area contributed by atoms with E-state index >= 15 is 0 Å². The molecule has 4 aliphatic carbocycles. The second-order valence-corrected chi connectivity index (χ2v) is 15.2. The summed E-state index contributed by atoms with van der Waals surface area (Å²) < 4.78 is 4.92. The van der Waals surface area contributed by atoms with Crippen molar-refractivity contribution in [2.75, 3.05) is 46.4 Å². The second kappa shape index (κ2) is 16.0. The van der Waals surface area contributed by atoms with Gasteiger partial charge in [0.25, 0.3) is 0 Å². The van der Waals surface area contributed by atoms with E-state index in [-0.39, 0.29) is 17.5 Å². The number of methoxy groups -OCH3 is 1. The fraction of sp³-hybridized carbons (Fsp3) is 0.971. The normalized spacial score (nSPS) is 38.4. The molecule has 7 nitrogen and oxygen atoms in total. The summed E-state index contributed by atoms with van der Waals surface area (Å²) >= 11 is 0. The third-order valence-corrected chi connectivity index (χ3v) is 13.0. The largest absolute Gasteiger partial charge is 0.469 e. The predicted octanol–water partition coefficient (Wildman–Crippen LogP) is 4.86. The van der Waals surface area contributed by atoms with Gasteiger partial charge in [0.15, 0.2) is 0 Å². The van der Waals surface area contributed by atoms with E-state index in [4.69, 9.17) is 10.5 Å². The molecular formula is C35H66N4O3. The van der Waals surface area contributed by atoms with Crippen LogP contribution in [0.2, 0.25) is 0 Å². The van der Waals surface area contributed by atoms with Gasteiger partial charge in [-0.3, -0.25) is 4.79 Å². The second-order valence-electron chi connectivity index (χ2n) is 15.2. The van der Waals surface area contributed by atoms with E-state index in [1.54, 1.807) is 0 Å². The van der Waals surface area contributed by atoms with Crippen LogP contribution in [-0.4, -0.2) is 69.6 Å². The van der Waals surface area contributed by atoms with E-state index in [1.165, 1.54) is 71.3 Å². The summed E-state index contributed by atoms with van der Waals surface area (Å²) in [5.41, 5.74) is 5.90. The van der Waals surface area contributed by atoms with Crippen molar-refractivity contribution >= 4 is 5.97 Å². The zero-order chi connectivity index (χ0) is 30.2. The molecular weight excluding hydrogens is 524 g/mol. The molecule has 0 bridgehead atoms. The first-order valence-electron chi connectivity index (χ1n) is 17.8. The Morgan fingerprint density at radius 1 is 0.929 bits per heavy atom. The Morgan fingerprint density at radius 2 is 1.64 bits per heavy atom. The first-order valence-corrected chi connectivity index (χ1v) is 17.8. The van der Waals surface area contributed by atoms with E-state index in [9.17, 15) is 9.90 Å². The van der Waals surface area contributed by atoms with E-state index in [2.05, 4.69) is 36.7 Å². The average Bonchev–Trinajstić information content (AvgIpc) is 3.35. The standard InChI is InChI=1S/C35H66N4O3/c1-25(9-14-33(41)42-4)29-12-13-30-28-11-10-26-23-27(15-16-34(26,2)31(28)24-32(40)35(29,30)3)39-22-8-21-38-19-6-5-18-37-20-7-17-36/h25-32,37-40H,5-24,36H2,1-4H3/t25?,26-,27+,28?,29-,30?,31?,32+,34+,35-/m1/s1. The Bertz CT molecular complexity index is 828. The molecule has 0 radical (unpaired) electrons. The fourth-order valence-electron chi connectivity index (χ4n) is 10.5. The van der Waals surface area contributed by atoms with Crippen molar-refractivity contribution in [2.45, 2.75) is 123 Å². The number of unbranched alkanes of at least 4 members (excludes halogenated alkanes) is 1. The molecule has 0 aromatic rings. The molecule has 7 heteroatoms. The van der Waals surface area contributed by atoms with Crippen molar-refractivity contribution in [3.63, 3.8) is 0 Å². The van der Waals surface area contributed by atoms with Crippen molar-refractivity contribution in [2.24, 2.45) is 52.1 Å². The highest BCUT2D eigenvalue weighted by molar-refractivity contribution is 5.69. The number of carbonyl (C=O) groups excluding carboxylic acids is 1. The predicted molar refractivity (Wildman–Crippen MR) is 172 cm³/mol. The fourth-order valence-corrected chi connectivity index (χ4v) is 10.5. The number of ether oxygens (including phenoxy) is 1. The Labute approximate surface area is 257 Å². The highest BCUT2D eigenvalue weighted by Gasteiger charge is 2.63. The number of nitrogens with two attached hydrogens (primary N) is 1. The van der Waals surface area contributed by atoms with Crippen molar-refractivity contribution in [3.8, 4) is 0 Å². The average molecular weight is 591 g/mol. The molecule has 0 heterocycles. The maximum atomic E-state index is 11.8. The van der Waals surface area contributed by atoms with Gasteiger partial charge < -0.3 is 31.5 Å². The Hall–Kier alpha value is -0.730. The van der Waals surface area contributed by atoms with Crippen molar-refractivity contribution in [1.29, 1.82) is 0 Å². The molecule has 4 fully saturated rings. The van der Waals surface area contributed by atoms with Crippen molar-refractivity contribution < 1.29 is 14.6 Å². The number of aliphatic hydroxyl groups is 1. The van der Waals surface area contributed by atoms with Crippen LogP contribution in [-0.2, 0) is 9.53 Å². The number of rotatable bonds is 17. The molecule has 6 N–H and O–H groups in total. The molecule has 0 aromatic heterocycles. The summed E-state index contributed by atoms with van der Waals surface area (Å²) in [5.74, 6) is 3.69. The van der Waals surface area contributed by atoms with Crippen LogP contribution in [0.5, 0.6) is 0 Å². The molecule has 0 amide bonds. The van der Waals surface area contributed by atoms with Crippen molar-refractivity contribution in [1.82, 2.24) is 16.0 Å². The third kappa shape index (κ3) is 7.73. The van der Waals surface area contributed by atoms with E-state index in [0.29, 0.717) is 41.5 Å². The maximum absolute atomic E-state index is 11.8. The van der Waals surface area contributed by atoms with Gasteiger partial charge in [0.05, 0.1) is 13.2 Å². The minimum absolute atomic E-state index is 0.00590. The van der Waals surface area contributed by atoms with Crippen LogP contribution in [0, 0.1) is 46.3 Å². The van der Waals surface area contributed by atoms with Crippen LogP contribution in [0.3, 0.4) is 0 Å². The third-order valence-electron chi connectivity index (χ3n) is 13.0. The van der Waals surface area contributed by atoms with Gasteiger partial charge in [-0.2, -0.15) is 0 Å². The van der Waals surface area contributed by atoms with Crippen molar-refractivity contribution in [3.05, 3.63) is 0 Å². The maximum Gasteiger partial charge on any atom is 0.305 e. The van der Waals surface area contributed by atoms with E-state index in [1.807, 2.05) is 0 Å². The molecule has 244 valence electrons. The molecule has 4 aliphatic rings. The van der Waals surface area contributed by atoms with Gasteiger partial charge in [-0.25, -0.2) is 0 Å². The number of fused-ring (bicyclic) bond motifs is 5. The Balaban J connectivity index is 1.20.